The smallest absolute Gasteiger partial charge is 0.417 e. The Morgan fingerprint density at radius 2 is 1.88 bits per heavy atom. The molecule has 1 N–H and O–H groups in total. The van der Waals surface area contributed by atoms with E-state index < -0.39 is 43.7 Å². The van der Waals surface area contributed by atoms with Crippen molar-refractivity contribution in [3.63, 3.8) is 0 Å². The molecule has 8 nitrogen and oxygen atoms in total. The molecular formula is C21H24F3N3O5S. The summed E-state index contributed by atoms with van der Waals surface area (Å²) in [6, 6.07) is 4.43. The normalized spacial score (nSPS) is 22.6. The van der Waals surface area contributed by atoms with Crippen molar-refractivity contribution >= 4 is 21.6 Å². The molecule has 180 valence electrons. The summed E-state index contributed by atoms with van der Waals surface area (Å²) in [4.78, 5) is 12.7. The highest BCUT2D eigenvalue weighted by Gasteiger charge is 2.47. The Kier molecular flexibility index (Phi) is 6.16. The quantitative estimate of drug-likeness (QED) is 0.692. The van der Waals surface area contributed by atoms with Gasteiger partial charge < -0.3 is 14.7 Å². The first-order valence-electron chi connectivity index (χ1n) is 10.5. The van der Waals surface area contributed by atoms with Crippen molar-refractivity contribution in [2.24, 2.45) is 0 Å². The molecule has 2 fully saturated rings. The number of carboxylic acid groups (broad SMARTS) is 1. The lowest BCUT2D eigenvalue weighted by molar-refractivity contribution is -0.140. The van der Waals surface area contributed by atoms with Gasteiger partial charge in [-0.3, -0.25) is 0 Å². The Morgan fingerprint density at radius 1 is 1.21 bits per heavy atom. The van der Waals surface area contributed by atoms with Gasteiger partial charge in [0.2, 0.25) is 0 Å². The number of aryl methyl sites for hydroxylation is 1. The van der Waals surface area contributed by atoms with Gasteiger partial charge in [0, 0.05) is 25.8 Å². The van der Waals surface area contributed by atoms with Gasteiger partial charge in [-0.1, -0.05) is 12.1 Å². The molecule has 1 aromatic carbocycles. The Hall–Kier alpha value is -2.60. The van der Waals surface area contributed by atoms with E-state index in [1.54, 1.807) is 17.7 Å². The molecule has 1 aromatic heterocycles. The molecule has 4 rings (SSSR count). The van der Waals surface area contributed by atoms with Gasteiger partial charge >= 0.3 is 12.1 Å². The average Bonchev–Trinajstić information content (AvgIpc) is 3.38. The molecule has 0 amide bonds. The Bertz CT molecular complexity index is 1140. The number of anilines is 1. The average molecular weight is 488 g/mol. The number of nitrogens with zero attached hydrogens (tertiary/aromatic N) is 3. The minimum Gasteiger partial charge on any atom is -0.480 e. The number of rotatable bonds is 5. The van der Waals surface area contributed by atoms with Crippen LogP contribution in [0.3, 0.4) is 0 Å². The maximum Gasteiger partial charge on any atom is 0.417 e. The number of alkyl halides is 3. The maximum atomic E-state index is 13.5. The van der Waals surface area contributed by atoms with Crippen molar-refractivity contribution in [3.8, 4) is 0 Å². The zero-order valence-electron chi connectivity index (χ0n) is 17.8. The lowest BCUT2D eigenvalue weighted by atomic mass is 10.1. The summed E-state index contributed by atoms with van der Waals surface area (Å²) in [5, 5.41) is 13.0. The lowest BCUT2D eigenvalue weighted by Gasteiger charge is -2.29. The van der Waals surface area contributed by atoms with E-state index in [0.29, 0.717) is 37.6 Å². The lowest BCUT2D eigenvalue weighted by Crippen LogP contribution is -2.38. The Morgan fingerprint density at radius 3 is 2.52 bits per heavy atom. The Balaban J connectivity index is 1.72. The fourth-order valence-corrected chi connectivity index (χ4v) is 6.46. The summed E-state index contributed by atoms with van der Waals surface area (Å²) < 4.78 is 74.1. The van der Waals surface area contributed by atoms with Crippen molar-refractivity contribution in [3.05, 3.63) is 41.6 Å². The summed E-state index contributed by atoms with van der Waals surface area (Å²) >= 11 is 0. The first-order valence-corrected chi connectivity index (χ1v) is 12.1. The van der Waals surface area contributed by atoms with Crippen LogP contribution in [0.4, 0.5) is 19.0 Å². The molecular weight excluding hydrogens is 463 g/mol. The van der Waals surface area contributed by atoms with E-state index in [9.17, 15) is 31.5 Å². The molecule has 0 aliphatic carbocycles. The maximum absolute atomic E-state index is 13.5. The highest BCUT2D eigenvalue weighted by atomic mass is 32.2. The molecule has 2 saturated heterocycles. The van der Waals surface area contributed by atoms with E-state index in [0.717, 1.165) is 18.2 Å². The van der Waals surface area contributed by atoms with Crippen molar-refractivity contribution in [1.29, 1.82) is 0 Å². The standard InChI is InChI=1S/C21H24F3N3O5S/c1-13-10-19(27(25-13)14-6-8-32-9-7-14)26-12-15(11-17(26)20(28)29)33(30,31)18-5-3-2-4-16(18)21(22,23)24/h2-5,10,14-15,17H,6-9,11-12H2,1H3,(H,28,29)/t15-,17+/m1/s1. The highest BCUT2D eigenvalue weighted by Crippen LogP contribution is 2.39. The van der Waals surface area contributed by atoms with E-state index in [4.69, 9.17) is 4.74 Å². The van der Waals surface area contributed by atoms with Crippen LogP contribution in [0, 0.1) is 6.92 Å². The van der Waals surface area contributed by atoms with Gasteiger partial charge in [-0.15, -0.1) is 0 Å². The van der Waals surface area contributed by atoms with Crippen molar-refractivity contribution < 1.29 is 36.2 Å². The number of sulfone groups is 1. The molecule has 33 heavy (non-hydrogen) atoms. The summed E-state index contributed by atoms with van der Waals surface area (Å²) in [6.45, 7) is 2.55. The molecule has 2 aromatic rings. The van der Waals surface area contributed by atoms with E-state index in [1.807, 2.05) is 0 Å². The zero-order chi connectivity index (χ0) is 24.0. The van der Waals surface area contributed by atoms with Gasteiger partial charge in [-0.05, 0) is 38.3 Å². The molecule has 0 saturated carbocycles. The van der Waals surface area contributed by atoms with Crippen LogP contribution in [0.5, 0.6) is 0 Å². The molecule has 2 aliphatic rings. The molecule has 12 heteroatoms. The second-order valence-electron chi connectivity index (χ2n) is 8.34. The summed E-state index contributed by atoms with van der Waals surface area (Å²) in [5.74, 6) is -0.789. The third-order valence-corrected chi connectivity index (χ3v) is 8.34. The van der Waals surface area contributed by atoms with E-state index in [-0.39, 0.29) is 19.0 Å². The molecule has 2 atom stereocenters. The van der Waals surface area contributed by atoms with Crippen LogP contribution in [0.2, 0.25) is 0 Å². The predicted molar refractivity (Wildman–Crippen MR) is 112 cm³/mol. The fourth-order valence-electron chi connectivity index (χ4n) is 4.55. The van der Waals surface area contributed by atoms with Gasteiger partial charge in [0.15, 0.2) is 9.84 Å². The van der Waals surface area contributed by atoms with Gasteiger partial charge in [0.05, 0.1) is 27.4 Å². The topological polar surface area (TPSA) is 102 Å². The number of halogens is 3. The number of aromatic nitrogens is 2. The monoisotopic (exact) mass is 487 g/mol. The van der Waals surface area contributed by atoms with Crippen LogP contribution in [-0.2, 0) is 25.5 Å². The minimum absolute atomic E-state index is 0.0430. The van der Waals surface area contributed by atoms with Crippen LogP contribution in [-0.4, -0.2) is 60.3 Å². The van der Waals surface area contributed by atoms with E-state index in [1.165, 1.54) is 11.0 Å². The third-order valence-electron chi connectivity index (χ3n) is 6.15. The third kappa shape index (κ3) is 4.45. The number of carboxylic acids is 1. The molecule has 0 unspecified atom stereocenters. The molecule has 2 aliphatic heterocycles. The molecule has 3 heterocycles. The predicted octanol–water partition coefficient (Wildman–Crippen LogP) is 3.07. The van der Waals surface area contributed by atoms with Crippen LogP contribution in [0.25, 0.3) is 0 Å². The minimum atomic E-state index is -4.85. The summed E-state index contributed by atoms with van der Waals surface area (Å²) in [5.41, 5.74) is -0.618. The van der Waals surface area contributed by atoms with Crippen molar-refractivity contribution in [2.75, 3.05) is 24.7 Å². The number of carbonyl (C=O) groups is 1. The summed E-state index contributed by atoms with van der Waals surface area (Å²) in [6.07, 6.45) is -3.85. The first-order chi connectivity index (χ1) is 15.5. The number of benzene rings is 1. The van der Waals surface area contributed by atoms with Crippen LogP contribution >= 0.6 is 0 Å². The SMILES string of the molecule is Cc1cc(N2C[C@H](S(=O)(=O)c3ccccc3C(F)(F)F)C[C@H]2C(=O)O)n(C2CCOCC2)n1. The first kappa shape index (κ1) is 23.6. The summed E-state index contributed by atoms with van der Waals surface area (Å²) in [7, 11) is -4.47. The van der Waals surface area contributed by atoms with E-state index in [2.05, 4.69) is 5.10 Å². The number of aliphatic carboxylic acids is 1. The fraction of sp³-hybridized carbons (Fsp3) is 0.524. The second kappa shape index (κ2) is 8.64. The van der Waals surface area contributed by atoms with Crippen LogP contribution in [0.15, 0.2) is 35.2 Å². The van der Waals surface area contributed by atoms with Crippen molar-refractivity contribution in [2.45, 2.75) is 54.6 Å². The molecule has 0 radical (unpaired) electrons. The molecule has 0 bridgehead atoms. The number of hydrogen-bond acceptors (Lipinski definition) is 6. The largest absolute Gasteiger partial charge is 0.480 e. The van der Waals surface area contributed by atoms with Gasteiger partial charge in [0.25, 0.3) is 0 Å². The van der Waals surface area contributed by atoms with Crippen molar-refractivity contribution in [1.82, 2.24) is 9.78 Å². The van der Waals surface area contributed by atoms with Crippen LogP contribution < -0.4 is 4.90 Å². The zero-order valence-corrected chi connectivity index (χ0v) is 18.6. The van der Waals surface area contributed by atoms with Crippen LogP contribution in [0.1, 0.15) is 36.6 Å². The highest BCUT2D eigenvalue weighted by molar-refractivity contribution is 7.92. The van der Waals surface area contributed by atoms with Gasteiger partial charge in [0.1, 0.15) is 11.9 Å². The van der Waals surface area contributed by atoms with Gasteiger partial charge in [-0.25, -0.2) is 17.9 Å². The number of ether oxygens (including phenoxy) is 1. The number of hydrogen-bond donors (Lipinski definition) is 1. The molecule has 0 spiro atoms. The Labute approximate surface area is 188 Å². The second-order valence-corrected chi connectivity index (χ2v) is 10.5. The van der Waals surface area contributed by atoms with E-state index >= 15 is 0 Å². The van der Waals surface area contributed by atoms with Gasteiger partial charge in [-0.2, -0.15) is 18.3 Å².